The number of benzene rings is 1. The monoisotopic (exact) mass is 450 g/mol. The summed E-state index contributed by atoms with van der Waals surface area (Å²) in [5.74, 6) is 0. The number of aromatic nitrogens is 1. The summed E-state index contributed by atoms with van der Waals surface area (Å²) in [5, 5.41) is 13.3. The highest BCUT2D eigenvalue weighted by Crippen LogP contribution is 2.38. The van der Waals surface area contributed by atoms with Gasteiger partial charge in [0.25, 0.3) is 0 Å². The van der Waals surface area contributed by atoms with Crippen LogP contribution in [0.4, 0.5) is 26.3 Å². The lowest BCUT2D eigenvalue weighted by Crippen LogP contribution is -2.23. The first-order chi connectivity index (χ1) is 14.6. The largest absolute Gasteiger partial charge is 0.433 e. The summed E-state index contributed by atoms with van der Waals surface area (Å²) < 4.78 is 79.7. The Balaban J connectivity index is 2.13. The third-order valence-electron chi connectivity index (χ3n) is 5.12. The maximum Gasteiger partial charge on any atom is 0.433 e. The van der Waals surface area contributed by atoms with Crippen molar-refractivity contribution in [3.05, 3.63) is 41.1 Å². The average Bonchev–Trinajstić information content (AvgIpc) is 2.69. The van der Waals surface area contributed by atoms with Gasteiger partial charge in [-0.15, -0.1) is 0 Å². The quantitative estimate of drug-likeness (QED) is 0.298. The van der Waals surface area contributed by atoms with Crippen LogP contribution in [-0.4, -0.2) is 23.2 Å². The number of hydrogen-bond donors (Lipinski definition) is 2. The van der Waals surface area contributed by atoms with Crippen LogP contribution >= 0.6 is 0 Å². The fourth-order valence-corrected chi connectivity index (χ4v) is 3.48. The number of nitrogens with zero attached hydrogens (tertiary/aromatic N) is 1. The van der Waals surface area contributed by atoms with Gasteiger partial charge in [0, 0.05) is 11.9 Å². The molecule has 0 amide bonds. The molecule has 2 rings (SSSR count). The lowest BCUT2D eigenvalue weighted by atomic mass is 9.99. The van der Waals surface area contributed by atoms with Crippen LogP contribution in [0.15, 0.2) is 24.3 Å². The predicted octanol–water partition coefficient (Wildman–Crippen LogP) is 6.65. The van der Waals surface area contributed by atoms with Crippen molar-refractivity contribution in [3.63, 3.8) is 0 Å². The number of fused-ring (bicyclic) bond motifs is 1. The van der Waals surface area contributed by atoms with Crippen LogP contribution < -0.4 is 5.32 Å². The molecule has 2 N–H and O–H groups in total. The molecule has 1 aromatic carbocycles. The summed E-state index contributed by atoms with van der Waals surface area (Å²) in [7, 11) is 0. The van der Waals surface area contributed by atoms with Gasteiger partial charge in [0.1, 0.15) is 5.69 Å². The number of alkyl halides is 6. The normalized spacial score (nSPS) is 13.7. The van der Waals surface area contributed by atoms with Gasteiger partial charge in [0.15, 0.2) is 0 Å². The number of aliphatic hydroxyl groups is 1. The van der Waals surface area contributed by atoms with E-state index in [1.165, 1.54) is 25.3 Å². The molecule has 31 heavy (non-hydrogen) atoms. The van der Waals surface area contributed by atoms with Gasteiger partial charge in [-0.05, 0) is 30.7 Å². The molecule has 1 heterocycles. The molecule has 0 unspecified atom stereocenters. The number of nitrogens with one attached hydrogen (secondary N) is 1. The minimum Gasteiger partial charge on any atom is -0.387 e. The van der Waals surface area contributed by atoms with Crippen LogP contribution in [0.2, 0.25) is 0 Å². The van der Waals surface area contributed by atoms with Crippen molar-refractivity contribution in [1.29, 1.82) is 0 Å². The van der Waals surface area contributed by atoms with Crippen LogP contribution in [0.5, 0.6) is 0 Å². The second kappa shape index (κ2) is 11.1. The lowest BCUT2D eigenvalue weighted by molar-refractivity contribution is -0.142. The summed E-state index contributed by atoms with van der Waals surface area (Å²) in [6, 6.07) is 3.65. The van der Waals surface area contributed by atoms with E-state index in [0.29, 0.717) is 18.7 Å². The SMILES string of the molecule is CCCCCCCCCNC[C@@H](O)c1cc(C(F)(F)F)nc2c(C(F)(F)F)cccc12. The minimum atomic E-state index is -4.94. The molecule has 2 aromatic rings. The van der Waals surface area contributed by atoms with Crippen molar-refractivity contribution < 1.29 is 31.4 Å². The molecule has 0 saturated heterocycles. The van der Waals surface area contributed by atoms with Gasteiger partial charge in [0.05, 0.1) is 17.2 Å². The average molecular weight is 450 g/mol. The Morgan fingerprint density at radius 1 is 0.935 bits per heavy atom. The summed E-state index contributed by atoms with van der Waals surface area (Å²) in [6.45, 7) is 2.64. The molecule has 9 heteroatoms. The van der Waals surface area contributed by atoms with Crippen molar-refractivity contribution in [2.75, 3.05) is 13.1 Å². The zero-order chi connectivity index (χ0) is 23.1. The smallest absolute Gasteiger partial charge is 0.387 e. The third-order valence-corrected chi connectivity index (χ3v) is 5.12. The number of unbranched alkanes of at least 4 members (excludes halogenated alkanes) is 6. The van der Waals surface area contributed by atoms with E-state index in [1.54, 1.807) is 0 Å². The molecule has 0 aliphatic rings. The lowest BCUT2D eigenvalue weighted by Gasteiger charge is -2.19. The molecule has 0 aliphatic carbocycles. The zero-order valence-electron chi connectivity index (χ0n) is 17.4. The van der Waals surface area contributed by atoms with Crippen molar-refractivity contribution in [3.8, 4) is 0 Å². The first-order valence-corrected chi connectivity index (χ1v) is 10.5. The first-order valence-electron chi connectivity index (χ1n) is 10.5. The van der Waals surface area contributed by atoms with Gasteiger partial charge < -0.3 is 10.4 Å². The van der Waals surface area contributed by atoms with Crippen molar-refractivity contribution >= 4 is 10.9 Å². The molecule has 1 aromatic heterocycles. The second-order valence-corrected chi connectivity index (χ2v) is 7.64. The first kappa shape index (κ1) is 25.4. The highest BCUT2D eigenvalue weighted by atomic mass is 19.4. The molecular formula is C22H28F6N2O. The highest BCUT2D eigenvalue weighted by molar-refractivity contribution is 5.86. The van der Waals surface area contributed by atoms with E-state index >= 15 is 0 Å². The van der Waals surface area contributed by atoms with Gasteiger partial charge >= 0.3 is 12.4 Å². The van der Waals surface area contributed by atoms with E-state index in [2.05, 4.69) is 17.2 Å². The summed E-state index contributed by atoms with van der Waals surface area (Å²) >= 11 is 0. The number of hydrogen-bond acceptors (Lipinski definition) is 3. The Kier molecular flexibility index (Phi) is 9.12. The predicted molar refractivity (Wildman–Crippen MR) is 108 cm³/mol. The van der Waals surface area contributed by atoms with Gasteiger partial charge in [-0.1, -0.05) is 57.6 Å². The number of pyridine rings is 1. The van der Waals surface area contributed by atoms with Crippen molar-refractivity contribution in [2.24, 2.45) is 0 Å². The van der Waals surface area contributed by atoms with E-state index in [4.69, 9.17) is 0 Å². The molecule has 0 radical (unpaired) electrons. The molecule has 0 aliphatic heterocycles. The summed E-state index contributed by atoms with van der Waals surface area (Å²) in [4.78, 5) is 3.23. The fraction of sp³-hybridized carbons (Fsp3) is 0.591. The van der Waals surface area contributed by atoms with E-state index in [9.17, 15) is 31.4 Å². The zero-order valence-corrected chi connectivity index (χ0v) is 17.4. The maximum absolute atomic E-state index is 13.3. The standard InChI is InChI=1S/C22H28F6N2O/c1-2-3-4-5-6-7-8-12-29-14-18(31)16-13-19(22(26,27)28)30-20-15(16)10-9-11-17(20)21(23,24)25/h9-11,13,18,29,31H,2-8,12,14H2,1H3/t18-/m1/s1. The third kappa shape index (κ3) is 7.35. The number of rotatable bonds is 11. The van der Waals surface area contributed by atoms with Crippen LogP contribution in [0.1, 0.15) is 74.8 Å². The second-order valence-electron chi connectivity index (χ2n) is 7.64. The van der Waals surface area contributed by atoms with Crippen LogP contribution in [-0.2, 0) is 12.4 Å². The van der Waals surface area contributed by atoms with Crippen LogP contribution in [0, 0.1) is 0 Å². The van der Waals surface area contributed by atoms with Crippen molar-refractivity contribution in [2.45, 2.75) is 70.3 Å². The van der Waals surface area contributed by atoms with E-state index in [0.717, 1.165) is 31.7 Å². The van der Waals surface area contributed by atoms with Gasteiger partial charge in [-0.25, -0.2) is 4.98 Å². The molecular weight excluding hydrogens is 422 g/mol. The van der Waals surface area contributed by atoms with Crippen LogP contribution in [0.25, 0.3) is 10.9 Å². The maximum atomic E-state index is 13.3. The summed E-state index contributed by atoms with van der Waals surface area (Å²) in [6.07, 6.45) is -3.54. The summed E-state index contributed by atoms with van der Waals surface area (Å²) in [5.41, 5.74) is -3.76. The Labute approximate surface area is 177 Å². The molecule has 0 fully saturated rings. The van der Waals surface area contributed by atoms with Gasteiger partial charge in [-0.2, -0.15) is 26.3 Å². The van der Waals surface area contributed by atoms with Crippen molar-refractivity contribution in [1.82, 2.24) is 10.3 Å². The Bertz CT molecular complexity index is 835. The topological polar surface area (TPSA) is 45.1 Å². The van der Waals surface area contributed by atoms with Gasteiger partial charge in [0.2, 0.25) is 0 Å². The number of aliphatic hydroxyl groups excluding tert-OH is 1. The minimum absolute atomic E-state index is 0.0670. The molecule has 1 atom stereocenters. The number of para-hydroxylation sites is 1. The molecule has 0 spiro atoms. The van der Waals surface area contributed by atoms with E-state index in [1.807, 2.05) is 0 Å². The van der Waals surface area contributed by atoms with Gasteiger partial charge in [-0.3, -0.25) is 0 Å². The van der Waals surface area contributed by atoms with Crippen LogP contribution in [0.3, 0.4) is 0 Å². The molecule has 174 valence electrons. The molecule has 0 saturated carbocycles. The number of halogens is 6. The Morgan fingerprint density at radius 2 is 1.58 bits per heavy atom. The highest BCUT2D eigenvalue weighted by Gasteiger charge is 2.37. The van der Waals surface area contributed by atoms with E-state index in [-0.39, 0.29) is 17.5 Å². The molecule has 0 bridgehead atoms. The Hall–Kier alpha value is -1.87. The van der Waals surface area contributed by atoms with E-state index < -0.39 is 35.2 Å². The fourth-order valence-electron chi connectivity index (χ4n) is 3.48. The Morgan fingerprint density at radius 3 is 2.19 bits per heavy atom. The molecule has 3 nitrogen and oxygen atoms in total.